The van der Waals surface area contributed by atoms with Gasteiger partial charge in [-0.25, -0.2) is 9.80 Å². The molecule has 0 amide bonds. The number of carbonyl (C=O) groups is 1. The Morgan fingerprint density at radius 1 is 1.26 bits per heavy atom. The highest BCUT2D eigenvalue weighted by molar-refractivity contribution is 8.05. The highest BCUT2D eigenvalue weighted by Crippen LogP contribution is 2.44. The van der Waals surface area contributed by atoms with Gasteiger partial charge in [-0.05, 0) is 31.2 Å². The number of thioether (sulfide) groups is 1. The van der Waals surface area contributed by atoms with Crippen molar-refractivity contribution in [2.75, 3.05) is 19.1 Å². The molecule has 3 rings (SSSR count). The molecule has 0 spiro atoms. The van der Waals surface area contributed by atoms with Crippen LogP contribution in [0.4, 0.5) is 18.9 Å². The highest BCUT2D eigenvalue weighted by atomic mass is 32.2. The van der Waals surface area contributed by atoms with Crippen molar-refractivity contribution in [3.63, 3.8) is 0 Å². The molecule has 144 valence electrons. The van der Waals surface area contributed by atoms with Gasteiger partial charge in [0.05, 0.1) is 23.3 Å². The molecule has 11 heteroatoms. The van der Waals surface area contributed by atoms with Crippen LogP contribution in [0.15, 0.2) is 45.1 Å². The second-order valence-electron chi connectivity index (χ2n) is 5.50. The molecule has 0 aromatic heterocycles. The first kappa shape index (κ1) is 19.1. The molecule has 1 aromatic carbocycles. The van der Waals surface area contributed by atoms with Gasteiger partial charge in [-0.15, -0.1) is 0 Å². The lowest BCUT2D eigenvalue weighted by molar-refractivity contribution is -0.137. The summed E-state index contributed by atoms with van der Waals surface area (Å²) in [6.07, 6.45) is -2.88. The van der Waals surface area contributed by atoms with Gasteiger partial charge >= 0.3 is 12.1 Å². The van der Waals surface area contributed by atoms with Crippen LogP contribution in [0.3, 0.4) is 0 Å². The summed E-state index contributed by atoms with van der Waals surface area (Å²) in [5.41, 5.74) is 0.0531. The number of alkyl halides is 3. The average Bonchev–Trinajstić information content (AvgIpc) is 3.19. The summed E-state index contributed by atoms with van der Waals surface area (Å²) in [7, 11) is 2.54. The van der Waals surface area contributed by atoms with Gasteiger partial charge in [0.2, 0.25) is 5.71 Å². The number of esters is 1. The number of ether oxygens (including phenoxy) is 1. The fraction of sp³-hybridized carbons (Fsp3) is 0.312. The van der Waals surface area contributed by atoms with Crippen LogP contribution in [0.5, 0.6) is 0 Å². The summed E-state index contributed by atoms with van der Waals surface area (Å²) in [5, 5.41) is 9.65. The smallest absolute Gasteiger partial charge is 0.416 e. The first-order chi connectivity index (χ1) is 12.8. The Morgan fingerprint density at radius 2 is 1.93 bits per heavy atom. The van der Waals surface area contributed by atoms with E-state index in [9.17, 15) is 18.0 Å². The Bertz CT molecular complexity index is 836. The second kappa shape index (κ2) is 7.14. The first-order valence-corrected chi connectivity index (χ1v) is 8.52. The fourth-order valence-electron chi connectivity index (χ4n) is 2.60. The quantitative estimate of drug-likeness (QED) is 0.439. The van der Waals surface area contributed by atoms with E-state index in [0.29, 0.717) is 16.3 Å². The van der Waals surface area contributed by atoms with Crippen LogP contribution in [0.25, 0.3) is 0 Å². The van der Waals surface area contributed by atoms with Crippen LogP contribution in [-0.4, -0.2) is 42.7 Å². The molecule has 27 heavy (non-hydrogen) atoms. The third-order valence-corrected chi connectivity index (χ3v) is 5.27. The molecule has 0 fully saturated rings. The van der Waals surface area contributed by atoms with E-state index in [-0.39, 0.29) is 5.71 Å². The maximum atomic E-state index is 12.8. The standard InChI is InChI=1S/C16H15F3N4O3S/c1-9-13(12(21-26-3)14(24)25-2)27-15-22(8-20-23(9)15)11-6-4-10(5-7-11)16(17,18)19/h4-8,15H,1-3H3/b21-12-. The normalized spacial score (nSPS) is 19.6. The number of allylic oxidation sites excluding steroid dienone is 1. The number of methoxy groups -OCH3 is 1. The number of hydrogen-bond acceptors (Lipinski definition) is 8. The van der Waals surface area contributed by atoms with Gasteiger partial charge in [-0.3, -0.25) is 4.90 Å². The number of rotatable bonds is 4. The van der Waals surface area contributed by atoms with Crippen LogP contribution < -0.4 is 4.90 Å². The number of oxime groups is 1. The minimum absolute atomic E-state index is 0.000491. The van der Waals surface area contributed by atoms with Gasteiger partial charge in [-0.1, -0.05) is 16.9 Å². The first-order valence-electron chi connectivity index (χ1n) is 7.64. The molecule has 0 aliphatic carbocycles. The number of carbonyl (C=O) groups excluding carboxylic acids is 1. The predicted molar refractivity (Wildman–Crippen MR) is 94.8 cm³/mol. The van der Waals surface area contributed by atoms with E-state index in [4.69, 9.17) is 9.57 Å². The molecule has 2 aliphatic heterocycles. The lowest BCUT2D eigenvalue weighted by atomic mass is 10.2. The number of anilines is 1. The van der Waals surface area contributed by atoms with E-state index in [2.05, 4.69) is 10.3 Å². The molecular formula is C16H15F3N4O3S. The van der Waals surface area contributed by atoms with Gasteiger partial charge in [0.15, 0.2) is 5.50 Å². The number of hydrogen-bond donors (Lipinski definition) is 0. The number of benzene rings is 1. The Morgan fingerprint density at radius 3 is 2.48 bits per heavy atom. The summed E-state index contributed by atoms with van der Waals surface area (Å²) in [5.74, 6) is -0.662. The van der Waals surface area contributed by atoms with Gasteiger partial charge < -0.3 is 9.57 Å². The molecule has 7 nitrogen and oxygen atoms in total. The van der Waals surface area contributed by atoms with Crippen molar-refractivity contribution in [3.8, 4) is 0 Å². The maximum Gasteiger partial charge on any atom is 0.416 e. The largest absolute Gasteiger partial charge is 0.464 e. The third kappa shape index (κ3) is 3.46. The molecule has 0 saturated heterocycles. The average molecular weight is 400 g/mol. The zero-order chi connectivity index (χ0) is 19.8. The van der Waals surface area contributed by atoms with Crippen LogP contribution in [-0.2, 0) is 20.5 Å². The molecule has 2 heterocycles. The van der Waals surface area contributed by atoms with Crippen molar-refractivity contribution in [1.29, 1.82) is 0 Å². The summed E-state index contributed by atoms with van der Waals surface area (Å²) in [6.45, 7) is 1.75. The molecule has 2 aliphatic rings. The summed E-state index contributed by atoms with van der Waals surface area (Å²) < 4.78 is 43.0. The van der Waals surface area contributed by atoms with E-state index >= 15 is 0 Å². The van der Waals surface area contributed by atoms with Crippen molar-refractivity contribution in [2.45, 2.75) is 18.6 Å². The van der Waals surface area contributed by atoms with Crippen LogP contribution in [0.2, 0.25) is 0 Å². The molecule has 0 radical (unpaired) electrons. The minimum Gasteiger partial charge on any atom is -0.464 e. The second-order valence-corrected chi connectivity index (χ2v) is 6.57. The van der Waals surface area contributed by atoms with Crippen molar-refractivity contribution >= 4 is 35.5 Å². The van der Waals surface area contributed by atoms with E-state index in [1.165, 1.54) is 44.5 Å². The van der Waals surface area contributed by atoms with Crippen LogP contribution in [0, 0.1) is 0 Å². The Balaban J connectivity index is 1.86. The maximum absolute atomic E-state index is 12.8. The molecule has 0 saturated carbocycles. The van der Waals surface area contributed by atoms with Crippen molar-refractivity contribution < 1.29 is 27.5 Å². The molecule has 0 bridgehead atoms. The van der Waals surface area contributed by atoms with Crippen LogP contribution >= 0.6 is 11.8 Å². The van der Waals surface area contributed by atoms with Crippen molar-refractivity contribution in [1.82, 2.24) is 5.01 Å². The number of nitrogens with zero attached hydrogens (tertiary/aromatic N) is 4. The third-order valence-electron chi connectivity index (χ3n) is 3.91. The van der Waals surface area contributed by atoms with Crippen molar-refractivity contribution in [2.24, 2.45) is 10.3 Å². The SMILES string of the molecule is CO/N=C(\C(=O)OC)C1=C(C)N2N=CN(c3ccc(C(F)(F)F)cc3)C2S1. The van der Waals surface area contributed by atoms with Gasteiger partial charge in [0.25, 0.3) is 0 Å². The van der Waals surface area contributed by atoms with Crippen LogP contribution in [0.1, 0.15) is 12.5 Å². The Kier molecular flexibility index (Phi) is 5.05. The Hall–Kier alpha value is -2.69. The van der Waals surface area contributed by atoms with Gasteiger partial charge in [0, 0.05) is 5.69 Å². The number of halogens is 3. The van der Waals surface area contributed by atoms with Crippen molar-refractivity contribution in [3.05, 3.63) is 40.4 Å². The lowest BCUT2D eigenvalue weighted by Crippen LogP contribution is -2.33. The lowest BCUT2D eigenvalue weighted by Gasteiger charge is -2.24. The molecule has 1 atom stereocenters. The summed E-state index contributed by atoms with van der Waals surface area (Å²) in [4.78, 5) is 18.9. The molecule has 1 aromatic rings. The van der Waals surface area contributed by atoms with E-state index in [1.54, 1.807) is 16.8 Å². The summed E-state index contributed by atoms with van der Waals surface area (Å²) >= 11 is 1.27. The van der Waals surface area contributed by atoms with E-state index in [0.717, 1.165) is 12.1 Å². The zero-order valence-corrected chi connectivity index (χ0v) is 15.3. The zero-order valence-electron chi connectivity index (χ0n) is 14.5. The van der Waals surface area contributed by atoms with E-state index in [1.807, 2.05) is 0 Å². The fourth-order valence-corrected chi connectivity index (χ4v) is 3.91. The van der Waals surface area contributed by atoms with Gasteiger partial charge in [0.1, 0.15) is 13.4 Å². The minimum atomic E-state index is -4.40. The molecule has 1 unspecified atom stereocenters. The number of hydrazone groups is 1. The number of fused-ring (bicyclic) bond motifs is 1. The van der Waals surface area contributed by atoms with Gasteiger partial charge in [-0.2, -0.15) is 18.3 Å². The molecule has 0 N–H and O–H groups in total. The summed E-state index contributed by atoms with van der Waals surface area (Å²) in [6, 6.07) is 4.77. The van der Waals surface area contributed by atoms with E-state index < -0.39 is 23.2 Å². The molecular weight excluding hydrogens is 385 g/mol. The topological polar surface area (TPSA) is 66.7 Å². The predicted octanol–water partition coefficient (Wildman–Crippen LogP) is 3.21. The highest BCUT2D eigenvalue weighted by Gasteiger charge is 2.42. The monoisotopic (exact) mass is 400 g/mol. The Labute approximate surface area is 157 Å².